The first-order valence-electron chi connectivity index (χ1n) is 5.78. The molecule has 0 aromatic carbocycles. The van der Waals surface area contributed by atoms with Crippen LogP contribution in [0.25, 0.3) is 10.4 Å². The van der Waals surface area contributed by atoms with Crippen molar-refractivity contribution >= 4 is 10.1 Å². The Labute approximate surface area is 108 Å². The van der Waals surface area contributed by atoms with E-state index in [0.717, 1.165) is 18.2 Å². The molecular weight excluding hydrogens is 254 g/mol. The lowest BCUT2D eigenvalue weighted by Crippen LogP contribution is -2.45. The van der Waals surface area contributed by atoms with E-state index < -0.39 is 21.8 Å². The predicted molar refractivity (Wildman–Crippen MR) is 69.4 cm³/mol. The molecule has 3 atom stereocenters. The van der Waals surface area contributed by atoms with Gasteiger partial charge < -0.3 is 0 Å². The van der Waals surface area contributed by atoms with Crippen molar-refractivity contribution in [2.75, 3.05) is 6.26 Å². The molecule has 102 valence electrons. The Balaban J connectivity index is 3.00. The zero-order chi connectivity index (χ0) is 14.0. The van der Waals surface area contributed by atoms with Crippen LogP contribution in [0.4, 0.5) is 0 Å². The molecule has 0 aliphatic heterocycles. The summed E-state index contributed by atoms with van der Waals surface area (Å²) in [6.45, 7) is 7.54. The van der Waals surface area contributed by atoms with Gasteiger partial charge in [-0.3, -0.25) is 4.18 Å². The first kappa shape index (κ1) is 15.0. The van der Waals surface area contributed by atoms with E-state index in [2.05, 4.69) is 16.6 Å². The number of azide groups is 1. The van der Waals surface area contributed by atoms with Crippen molar-refractivity contribution in [3.8, 4) is 0 Å². The van der Waals surface area contributed by atoms with Crippen molar-refractivity contribution in [2.45, 2.75) is 44.8 Å². The molecule has 0 radical (unpaired) electrons. The van der Waals surface area contributed by atoms with E-state index >= 15 is 0 Å². The number of rotatable bonds is 4. The Morgan fingerprint density at radius 1 is 1.61 bits per heavy atom. The molecular formula is C11H19N3O3S. The highest BCUT2D eigenvalue weighted by Gasteiger charge is 2.42. The maximum absolute atomic E-state index is 11.3. The van der Waals surface area contributed by atoms with Crippen molar-refractivity contribution in [1.29, 1.82) is 0 Å². The monoisotopic (exact) mass is 273 g/mol. The Hall–Kier alpha value is -1.04. The normalized spacial score (nSPS) is 32.6. The predicted octanol–water partition coefficient (Wildman–Crippen LogP) is 2.78. The maximum atomic E-state index is 11.3. The van der Waals surface area contributed by atoms with Crippen molar-refractivity contribution in [1.82, 2.24) is 0 Å². The molecule has 0 saturated heterocycles. The van der Waals surface area contributed by atoms with Crippen molar-refractivity contribution in [2.24, 2.45) is 11.0 Å². The summed E-state index contributed by atoms with van der Waals surface area (Å²) >= 11 is 0. The van der Waals surface area contributed by atoms with Gasteiger partial charge in [0, 0.05) is 4.91 Å². The van der Waals surface area contributed by atoms with Gasteiger partial charge in [0.15, 0.2) is 0 Å². The van der Waals surface area contributed by atoms with Gasteiger partial charge in [-0.15, -0.1) is 0 Å². The van der Waals surface area contributed by atoms with Gasteiger partial charge in [-0.1, -0.05) is 24.2 Å². The molecule has 1 rings (SSSR count). The molecule has 7 heteroatoms. The molecule has 0 aromatic heterocycles. The fourth-order valence-electron chi connectivity index (χ4n) is 2.28. The van der Waals surface area contributed by atoms with Crippen LogP contribution in [-0.2, 0) is 14.3 Å². The van der Waals surface area contributed by atoms with E-state index in [1.165, 1.54) is 0 Å². The second-order valence-corrected chi connectivity index (χ2v) is 6.75. The van der Waals surface area contributed by atoms with Gasteiger partial charge in [0.2, 0.25) is 0 Å². The van der Waals surface area contributed by atoms with Crippen molar-refractivity contribution in [3.63, 3.8) is 0 Å². The average Bonchev–Trinajstić information content (AvgIpc) is 2.19. The Kier molecular flexibility index (Phi) is 4.42. The molecule has 1 saturated carbocycles. The van der Waals surface area contributed by atoms with Crippen molar-refractivity contribution in [3.05, 3.63) is 22.6 Å². The summed E-state index contributed by atoms with van der Waals surface area (Å²) in [5.41, 5.74) is 8.80. The minimum atomic E-state index is -3.58. The molecule has 1 aliphatic rings. The van der Waals surface area contributed by atoms with Crippen LogP contribution in [-0.4, -0.2) is 26.3 Å². The molecule has 1 aliphatic carbocycles. The van der Waals surface area contributed by atoms with E-state index in [4.69, 9.17) is 9.71 Å². The summed E-state index contributed by atoms with van der Waals surface area (Å²) < 4.78 is 27.7. The molecule has 0 unspecified atom stereocenters. The van der Waals surface area contributed by atoms with Crippen LogP contribution in [0.15, 0.2) is 17.3 Å². The van der Waals surface area contributed by atoms with Crippen LogP contribution >= 0.6 is 0 Å². The molecule has 6 nitrogen and oxygen atoms in total. The van der Waals surface area contributed by atoms with Gasteiger partial charge in [-0.05, 0) is 37.6 Å². The maximum Gasteiger partial charge on any atom is 0.264 e. The lowest BCUT2D eigenvalue weighted by atomic mass is 9.74. The smallest absolute Gasteiger partial charge is 0.264 e. The summed E-state index contributed by atoms with van der Waals surface area (Å²) in [6, 6.07) is 0. The minimum absolute atomic E-state index is 0.207. The third-order valence-corrected chi connectivity index (χ3v) is 4.03. The topological polar surface area (TPSA) is 92.1 Å². The van der Waals surface area contributed by atoms with Crippen LogP contribution in [0.1, 0.15) is 33.1 Å². The SMILES string of the molecule is C=C(C)[C@@H]1CC[C@](C)(N=[N+]=[N-])[C@@H](OS(C)(=O)=O)C1. The molecule has 0 spiro atoms. The molecule has 0 amide bonds. The zero-order valence-corrected chi connectivity index (χ0v) is 11.8. The van der Waals surface area contributed by atoms with Gasteiger partial charge in [0.1, 0.15) is 0 Å². The third kappa shape index (κ3) is 3.73. The first-order valence-corrected chi connectivity index (χ1v) is 7.59. The number of hydrogen-bond acceptors (Lipinski definition) is 4. The summed E-state index contributed by atoms with van der Waals surface area (Å²) in [4.78, 5) is 2.81. The third-order valence-electron chi connectivity index (χ3n) is 3.45. The summed E-state index contributed by atoms with van der Waals surface area (Å²) in [5.74, 6) is 0.207. The number of nitrogens with zero attached hydrogens (tertiary/aromatic N) is 3. The fraction of sp³-hybridized carbons (Fsp3) is 0.818. The van der Waals surface area contributed by atoms with Crippen LogP contribution < -0.4 is 0 Å². The van der Waals surface area contributed by atoms with Crippen LogP contribution in [0.5, 0.6) is 0 Å². The highest BCUT2D eigenvalue weighted by atomic mass is 32.2. The van der Waals surface area contributed by atoms with Crippen LogP contribution in [0, 0.1) is 5.92 Å². The Bertz CT molecular complexity index is 482. The standard InChI is InChI=1S/C11H19N3O3S/c1-8(2)9-5-6-11(3,13-14-12)10(7-9)17-18(4,15)16/h9-10H,1,5-7H2,2-4H3/t9-,10+,11+/m1/s1. The summed E-state index contributed by atoms with van der Waals surface area (Å²) in [6.07, 6.45) is 2.31. The van der Waals surface area contributed by atoms with Gasteiger partial charge in [0.25, 0.3) is 10.1 Å². The molecule has 0 aromatic rings. The lowest BCUT2D eigenvalue weighted by Gasteiger charge is -2.40. The number of allylic oxidation sites excluding steroid dienone is 1. The minimum Gasteiger partial charge on any atom is -0.266 e. The molecule has 0 N–H and O–H groups in total. The summed E-state index contributed by atoms with van der Waals surface area (Å²) in [7, 11) is -3.58. The number of hydrogen-bond donors (Lipinski definition) is 0. The molecule has 0 bridgehead atoms. The lowest BCUT2D eigenvalue weighted by molar-refractivity contribution is 0.0677. The van der Waals surface area contributed by atoms with E-state index in [1.807, 2.05) is 6.92 Å². The zero-order valence-electron chi connectivity index (χ0n) is 11.0. The van der Waals surface area contributed by atoms with E-state index in [1.54, 1.807) is 6.92 Å². The van der Waals surface area contributed by atoms with Gasteiger partial charge >= 0.3 is 0 Å². The highest BCUT2D eigenvalue weighted by Crippen LogP contribution is 2.40. The van der Waals surface area contributed by atoms with Gasteiger partial charge in [0.05, 0.1) is 17.9 Å². The average molecular weight is 273 g/mol. The fourth-order valence-corrected chi connectivity index (χ4v) is 2.98. The molecule has 1 fully saturated rings. The van der Waals surface area contributed by atoms with Gasteiger partial charge in [-0.25, -0.2) is 0 Å². The largest absolute Gasteiger partial charge is 0.266 e. The molecule has 18 heavy (non-hydrogen) atoms. The second-order valence-electron chi connectivity index (χ2n) is 5.15. The first-order chi connectivity index (χ1) is 8.18. The summed E-state index contributed by atoms with van der Waals surface area (Å²) in [5, 5.41) is 3.74. The highest BCUT2D eigenvalue weighted by molar-refractivity contribution is 7.86. The quantitative estimate of drug-likeness (QED) is 0.259. The van der Waals surface area contributed by atoms with E-state index in [0.29, 0.717) is 12.8 Å². The van der Waals surface area contributed by atoms with E-state index in [9.17, 15) is 8.42 Å². The van der Waals surface area contributed by atoms with Crippen LogP contribution in [0.2, 0.25) is 0 Å². The van der Waals surface area contributed by atoms with Gasteiger partial charge in [-0.2, -0.15) is 8.42 Å². The molecule has 0 heterocycles. The van der Waals surface area contributed by atoms with E-state index in [-0.39, 0.29) is 5.92 Å². The van der Waals surface area contributed by atoms with Crippen LogP contribution in [0.3, 0.4) is 0 Å². The Morgan fingerprint density at radius 2 is 2.22 bits per heavy atom. The Morgan fingerprint density at radius 3 is 2.67 bits per heavy atom. The van der Waals surface area contributed by atoms with Crippen molar-refractivity contribution < 1.29 is 12.6 Å². The second kappa shape index (κ2) is 5.30.